The number of carbonyl (C=O) groups excluding carboxylic acids is 5. The summed E-state index contributed by atoms with van der Waals surface area (Å²) in [6.45, 7) is 19.2. The Morgan fingerprint density at radius 3 is 1.21 bits per heavy atom. The minimum Gasteiger partial charge on any atom is -0.481 e. The molecule has 0 bridgehead atoms. The summed E-state index contributed by atoms with van der Waals surface area (Å²) in [6.07, 6.45) is 67.5. The number of nitrogens with two attached hydrogens (primary N) is 1. The van der Waals surface area contributed by atoms with Gasteiger partial charge in [0.05, 0.1) is 36.6 Å². The van der Waals surface area contributed by atoms with Crippen LogP contribution in [0.5, 0.6) is 0 Å². The zero-order valence-corrected chi connectivity index (χ0v) is 83.7. The molecule has 0 aromatic carbocycles. The molecule has 0 saturated carbocycles. The average Bonchev–Trinajstić information content (AvgIpc) is 1.67. The highest BCUT2D eigenvalue weighted by Gasteiger charge is 2.32. The van der Waals surface area contributed by atoms with Crippen LogP contribution >= 0.6 is 0 Å². The van der Waals surface area contributed by atoms with Crippen LogP contribution in [0.2, 0.25) is 0 Å². The molecule has 0 saturated heterocycles. The number of aryl methyl sites for hydroxylation is 1. The number of aliphatic hydroxyl groups excluding tert-OH is 6. The molecule has 0 spiro atoms. The van der Waals surface area contributed by atoms with Crippen LogP contribution in [0.15, 0.2) is 149 Å². The van der Waals surface area contributed by atoms with Crippen LogP contribution in [0.4, 0.5) is 0 Å². The van der Waals surface area contributed by atoms with Gasteiger partial charge in [0.2, 0.25) is 0 Å². The molecule has 29 heteroatoms. The molecule has 764 valence electrons. The number of carbonyl (C=O) groups is 10. The van der Waals surface area contributed by atoms with E-state index in [-0.39, 0.29) is 73.0 Å². The number of aliphatic hydroxyl groups is 6. The first-order chi connectivity index (χ1) is 63.5. The minimum atomic E-state index is -0.890. The van der Waals surface area contributed by atoms with Gasteiger partial charge in [-0.25, -0.2) is 0 Å². The van der Waals surface area contributed by atoms with E-state index < -0.39 is 84.2 Å². The number of hydrogen-bond donors (Lipinski definition) is 13. The van der Waals surface area contributed by atoms with Crippen molar-refractivity contribution < 1.29 is 110 Å². The lowest BCUT2D eigenvalue weighted by molar-refractivity contribution is -0.138. The standard InChI is InChI=1S/C21H37NO5.2C21H33NO4.C21H33NO3.C20H32O5.CH5N.O2.H2O/c1-4-5-8-11-17(24)14-15-19(21(27)22-3)18(16(2)23)12-9-6-7-10-13-20(25)26;1-4-5-8-11-17(23)14-15-19-18(16(2)22(3)21(19)26)12-9-6-7-10-13-20(24)25;1-4-5-8-11-19(24)15-14-18(16-22-3)20(17(2)23)12-9-6-7-10-13-21(25)26;1-4-5-8-11-19(23)15-14-18-16-22(3)17(2)20(18)12-9-6-7-10-13-21(24)25;1-3-4-7-10-18(23)14-13-17(15-21)19(16(2)22)11-8-5-6-9-12-20(24)25;2*1-2;/h6,9,14-15,17-19,21-22,24,27H,4-5,7-8,10-13H2,1-3H3,(H,25,26);6,9,14-17,23H,4-5,7-8,10-13H2,1-3H3,(H,24,25);6,9,14-16,19,24H,4-5,7-8,10-13H2,1-3H3,(H,25,26);6,9,14-16,19,23H,4-5,7-8,10-13H2,1-3H3,(H,24,25);5,8,13-15,17-19,23H,3-4,6-7,9-12H2,1-2H3,(H,24,25);2H2,1H3;;1H2/b2*9-6-,15-14+;9-6-,15-14+,20-18-,22-16?;9-6-,15-14+;8-5-,14-13+;;;. The van der Waals surface area contributed by atoms with Crippen LogP contribution in [0.1, 0.15) is 330 Å². The van der Waals surface area contributed by atoms with Crippen molar-refractivity contribution in [1.82, 2.24) is 14.8 Å². The third-order valence-electron chi connectivity index (χ3n) is 22.0. The third kappa shape index (κ3) is 73.9. The molecule has 0 aliphatic carbocycles. The van der Waals surface area contributed by atoms with Crippen molar-refractivity contribution >= 4 is 71.7 Å². The molecule has 0 radical (unpaired) electrons. The number of hydrogen-bond acceptors (Lipinski definition) is 21. The molecule has 134 heavy (non-hydrogen) atoms. The van der Waals surface area contributed by atoms with Gasteiger partial charge in [0, 0.05) is 116 Å². The van der Waals surface area contributed by atoms with Gasteiger partial charge < -0.3 is 81.6 Å². The lowest BCUT2D eigenvalue weighted by Gasteiger charge is -2.26. The molecule has 1 aromatic rings. The first-order valence-electron chi connectivity index (χ1n) is 48.0. The molecule has 2 heterocycles. The first-order valence-corrected chi connectivity index (χ1v) is 48.0. The number of aromatic nitrogens is 1. The van der Waals surface area contributed by atoms with Gasteiger partial charge in [0.15, 0.2) is 5.78 Å². The van der Waals surface area contributed by atoms with Crippen LogP contribution in [0.25, 0.3) is 6.08 Å². The summed E-state index contributed by atoms with van der Waals surface area (Å²) in [4.78, 5) is 132. The number of rotatable bonds is 69. The molecule has 0 fully saturated rings. The first kappa shape index (κ1) is 135. The number of amides is 1. The van der Waals surface area contributed by atoms with Gasteiger partial charge in [-0.05, 0) is 199 Å². The van der Waals surface area contributed by atoms with E-state index in [1.807, 2.05) is 74.7 Å². The van der Waals surface area contributed by atoms with Gasteiger partial charge in [-0.2, -0.15) is 0 Å². The van der Waals surface area contributed by atoms with Gasteiger partial charge in [0.1, 0.15) is 24.1 Å². The Morgan fingerprint density at radius 2 is 0.843 bits per heavy atom. The maximum Gasteiger partial charge on any atom is 0.303 e. The van der Waals surface area contributed by atoms with E-state index in [0.717, 1.165) is 146 Å². The zero-order valence-electron chi connectivity index (χ0n) is 83.7. The Balaban J connectivity index is -0.000000378. The number of carboxylic acid groups (broad SMARTS) is 5. The summed E-state index contributed by atoms with van der Waals surface area (Å²) >= 11 is 0. The van der Waals surface area contributed by atoms with E-state index >= 15 is 0 Å². The van der Waals surface area contributed by atoms with Crippen molar-refractivity contribution in [3.8, 4) is 0 Å². The van der Waals surface area contributed by atoms with Crippen LogP contribution in [-0.4, -0.2) is 208 Å². The van der Waals surface area contributed by atoms with Gasteiger partial charge >= 0.3 is 29.8 Å². The second kappa shape index (κ2) is 91.3. The number of aldehydes is 1. The van der Waals surface area contributed by atoms with Gasteiger partial charge in [-0.1, -0.05) is 252 Å². The number of likely N-dealkylation sites (N-methyl/N-ethyl adjacent to an activating group) is 1. The second-order valence-corrected chi connectivity index (χ2v) is 33.2. The fraction of sp³-hybridized carbons (Fsp3) is 0.629. The van der Waals surface area contributed by atoms with E-state index in [9.17, 15) is 78.6 Å². The van der Waals surface area contributed by atoms with Crippen molar-refractivity contribution in [3.63, 3.8) is 0 Å². The molecular formula is C105H175N5O24. The molecule has 1 aliphatic rings. The van der Waals surface area contributed by atoms with Crippen molar-refractivity contribution in [1.29, 1.82) is 0 Å². The Labute approximate surface area is 801 Å². The van der Waals surface area contributed by atoms with E-state index in [1.165, 1.54) is 39.1 Å². The molecule has 11 unspecified atom stereocenters. The second-order valence-electron chi connectivity index (χ2n) is 33.2. The lowest BCUT2D eigenvalue weighted by atomic mass is 9.84. The Hall–Kier alpha value is -9.43. The zero-order chi connectivity index (χ0) is 102. The highest BCUT2D eigenvalue weighted by atomic mass is 16.7. The van der Waals surface area contributed by atoms with Gasteiger partial charge in [-0.3, -0.25) is 53.5 Å². The van der Waals surface area contributed by atoms with Crippen molar-refractivity contribution in [2.24, 2.45) is 41.4 Å². The highest BCUT2D eigenvalue weighted by molar-refractivity contribution is 6.01. The normalized spacial score (nSPS) is 15.2. The van der Waals surface area contributed by atoms with Crippen LogP contribution in [0, 0.1) is 40.5 Å². The highest BCUT2D eigenvalue weighted by Crippen LogP contribution is 2.30. The number of nitrogens with zero attached hydrogens (tertiary/aromatic N) is 3. The summed E-state index contributed by atoms with van der Waals surface area (Å²) in [5.41, 5.74) is 11.2. The maximum atomic E-state index is 12.5. The predicted molar refractivity (Wildman–Crippen MR) is 540 cm³/mol. The quantitative estimate of drug-likeness (QED) is 0.00548. The van der Waals surface area contributed by atoms with Crippen molar-refractivity contribution in [2.45, 2.75) is 369 Å². The fourth-order valence-electron chi connectivity index (χ4n) is 13.8. The van der Waals surface area contributed by atoms with Gasteiger partial charge in [-0.15, -0.1) is 0 Å². The molecule has 2 rings (SSSR count). The molecule has 11 atom stereocenters. The van der Waals surface area contributed by atoms with Crippen LogP contribution < -0.4 is 11.1 Å². The Kier molecular flexibility index (Phi) is 92.2. The number of unbranched alkanes of at least 4 members (excludes halogenated alkanes) is 15. The maximum absolute atomic E-state index is 12.5. The SMILES string of the molecule is CCCCCC(O)/C=C/C(C(O)NC)C(C/C=C\CCCC(=O)O)C(C)=O.CCCCCC(O)/C=C/C(C=NC)=C(\C/C=C\CCCC(=O)O)C(C)=O.CCCCCC(O)/C=C/C(C=O)C(C/C=C\CCCC(=O)O)C(C)=O.CCCCCC(O)/C=C/C1=C(C/C=C\CCCC(=O)O)C(C)N(C)C1=O.CCCCCC(O)/C=C/c1cn(C)c(C)c1C/C=C\CCCC(=O)O.CN.O.O=O. The third-order valence-corrected chi connectivity index (χ3v) is 22.0. The summed E-state index contributed by atoms with van der Waals surface area (Å²) in [5, 5.41) is 106. The van der Waals surface area contributed by atoms with Gasteiger partial charge in [0.25, 0.3) is 5.91 Å². The Bertz CT molecular complexity index is 3750. The van der Waals surface area contributed by atoms with E-state index in [1.54, 1.807) is 80.9 Å². The average molecular weight is 1890 g/mol. The van der Waals surface area contributed by atoms with Crippen LogP contribution in [-0.2, 0) is 61.4 Å². The number of ketones is 3. The monoisotopic (exact) mass is 1890 g/mol. The number of allylic oxidation sites excluding steroid dienone is 14. The Morgan fingerprint density at radius 1 is 0.485 bits per heavy atom. The summed E-state index contributed by atoms with van der Waals surface area (Å²) in [6, 6.07) is 0.0306. The summed E-state index contributed by atoms with van der Waals surface area (Å²) in [7, 11) is 8.60. The molecule has 16 N–H and O–H groups in total. The van der Waals surface area contributed by atoms with Crippen LogP contribution in [0.3, 0.4) is 0 Å². The minimum absolute atomic E-state index is 0. The summed E-state index contributed by atoms with van der Waals surface area (Å²) in [5.74, 6) is -5.97. The molecule has 1 aromatic heterocycles. The molecule has 29 nitrogen and oxygen atoms in total. The van der Waals surface area contributed by atoms with E-state index in [4.69, 9.17) is 35.5 Å². The largest absolute Gasteiger partial charge is 0.481 e. The fourth-order valence-corrected chi connectivity index (χ4v) is 13.8. The van der Waals surface area contributed by atoms with E-state index in [0.29, 0.717) is 113 Å². The van der Waals surface area contributed by atoms with E-state index in [2.05, 4.69) is 80.5 Å². The lowest BCUT2D eigenvalue weighted by Crippen LogP contribution is -2.38. The number of carboxylic acids is 5. The van der Waals surface area contributed by atoms with Crippen molar-refractivity contribution in [3.05, 3.63) is 171 Å². The number of aliphatic imine (C=N–C) groups is 1. The number of Topliss-reactive ketones (excluding diaryl/α,β-unsaturated/α-hetero) is 3. The molecule has 1 amide bonds. The number of aliphatic carboxylic acids is 5. The molecule has 1 aliphatic heterocycles. The predicted octanol–water partition coefficient (Wildman–Crippen LogP) is 18.3. The smallest absolute Gasteiger partial charge is 0.303 e. The molecular weight excluding hydrogens is 1720 g/mol. The summed E-state index contributed by atoms with van der Waals surface area (Å²) < 4.78 is 2.11. The number of nitrogens with one attached hydrogen (secondary N) is 1. The van der Waals surface area contributed by atoms with Crippen molar-refractivity contribution in [2.75, 3.05) is 28.2 Å². The topological polar surface area (TPSA) is 517 Å².